The molecule has 3 aromatic rings. The third kappa shape index (κ3) is 3.46. The number of fused-ring (bicyclic) bond motifs is 4. The Hall–Kier alpha value is -3.60. The van der Waals surface area contributed by atoms with Crippen LogP contribution in [-0.4, -0.2) is 30.3 Å². The Balaban J connectivity index is 1.39. The van der Waals surface area contributed by atoms with E-state index >= 15 is 0 Å². The number of aryl methyl sites for hydroxylation is 1. The number of amides is 1. The molecule has 156 valence electrons. The van der Waals surface area contributed by atoms with E-state index in [-0.39, 0.29) is 24.2 Å². The van der Waals surface area contributed by atoms with Crippen LogP contribution < -0.4 is 4.90 Å². The number of carboxylic acid groups (broad SMARTS) is 1. The van der Waals surface area contributed by atoms with Crippen LogP contribution in [0.1, 0.15) is 45.8 Å². The van der Waals surface area contributed by atoms with E-state index in [1.807, 2.05) is 24.3 Å². The van der Waals surface area contributed by atoms with Crippen LogP contribution in [0.25, 0.3) is 11.1 Å². The molecule has 31 heavy (non-hydrogen) atoms. The number of rotatable bonds is 3. The van der Waals surface area contributed by atoms with Crippen LogP contribution in [-0.2, 0) is 11.2 Å². The van der Waals surface area contributed by atoms with Gasteiger partial charge in [-0.15, -0.1) is 0 Å². The van der Waals surface area contributed by atoms with Gasteiger partial charge in [-0.2, -0.15) is 0 Å². The van der Waals surface area contributed by atoms with E-state index in [0.717, 1.165) is 30.5 Å². The fraction of sp³-hybridized carbons (Fsp3) is 0.231. The third-order valence-electron chi connectivity index (χ3n) is 6.25. The number of benzene rings is 3. The summed E-state index contributed by atoms with van der Waals surface area (Å²) in [5.41, 5.74) is 6.62. The minimum atomic E-state index is -0.959. The molecule has 0 aromatic heterocycles. The fourth-order valence-corrected chi connectivity index (χ4v) is 4.75. The maximum Gasteiger partial charge on any atom is 0.414 e. The first-order chi connectivity index (χ1) is 15.1. The second kappa shape index (κ2) is 7.91. The first-order valence-corrected chi connectivity index (χ1v) is 10.6. The molecular weight excluding hydrogens is 390 g/mol. The van der Waals surface area contributed by atoms with Crippen LogP contribution in [0.5, 0.6) is 0 Å². The van der Waals surface area contributed by atoms with Crippen molar-refractivity contribution in [2.75, 3.05) is 18.1 Å². The Morgan fingerprint density at radius 3 is 2.29 bits per heavy atom. The topological polar surface area (TPSA) is 66.8 Å². The summed E-state index contributed by atoms with van der Waals surface area (Å²) in [5.74, 6) is -0.947. The number of ether oxygens (including phenoxy) is 1. The highest BCUT2D eigenvalue weighted by atomic mass is 16.6. The van der Waals surface area contributed by atoms with Gasteiger partial charge in [-0.05, 0) is 65.3 Å². The largest absolute Gasteiger partial charge is 0.478 e. The first kappa shape index (κ1) is 19.4. The summed E-state index contributed by atoms with van der Waals surface area (Å²) < 4.78 is 5.84. The summed E-state index contributed by atoms with van der Waals surface area (Å²) in [4.78, 5) is 26.1. The van der Waals surface area contributed by atoms with E-state index in [2.05, 4.69) is 24.3 Å². The molecule has 0 atom stereocenters. The van der Waals surface area contributed by atoms with E-state index in [0.29, 0.717) is 6.54 Å². The van der Waals surface area contributed by atoms with Crippen molar-refractivity contribution in [2.45, 2.75) is 25.2 Å². The van der Waals surface area contributed by atoms with Crippen molar-refractivity contribution in [1.82, 2.24) is 0 Å². The van der Waals surface area contributed by atoms with Crippen LogP contribution in [0, 0.1) is 0 Å². The molecule has 0 spiro atoms. The molecule has 5 nitrogen and oxygen atoms in total. The van der Waals surface area contributed by atoms with Gasteiger partial charge in [0.05, 0.1) is 11.3 Å². The van der Waals surface area contributed by atoms with Crippen LogP contribution >= 0.6 is 0 Å². The summed E-state index contributed by atoms with van der Waals surface area (Å²) in [5, 5.41) is 9.29. The van der Waals surface area contributed by atoms with Gasteiger partial charge in [0, 0.05) is 12.5 Å². The summed E-state index contributed by atoms with van der Waals surface area (Å²) in [6, 6.07) is 21.5. The molecule has 0 bridgehead atoms. The Kier molecular flexibility index (Phi) is 4.94. The van der Waals surface area contributed by atoms with Gasteiger partial charge in [0.25, 0.3) is 0 Å². The van der Waals surface area contributed by atoms with E-state index in [4.69, 9.17) is 4.74 Å². The van der Waals surface area contributed by atoms with Crippen LogP contribution in [0.2, 0.25) is 0 Å². The molecular formula is C26H23NO4. The molecule has 5 heteroatoms. The lowest BCUT2D eigenvalue weighted by molar-refractivity contribution is 0.0696. The van der Waals surface area contributed by atoms with Gasteiger partial charge in [-0.25, -0.2) is 9.59 Å². The molecule has 0 fully saturated rings. The highest BCUT2D eigenvalue weighted by Gasteiger charge is 2.30. The standard InChI is InChI=1S/C26H23NO4/c28-25(29)18-12-13-24-17(15-18)7-5-6-14-27(24)26(30)31-16-23-21-10-3-1-8-19(21)20-9-2-4-11-22(20)23/h1-4,8-13,15,23H,5-7,14,16H2,(H,28,29). The van der Waals surface area contributed by atoms with Crippen LogP contribution in [0.3, 0.4) is 0 Å². The van der Waals surface area contributed by atoms with Crippen molar-refractivity contribution in [3.63, 3.8) is 0 Å². The minimum Gasteiger partial charge on any atom is -0.478 e. The molecule has 0 unspecified atom stereocenters. The van der Waals surface area contributed by atoms with Crippen molar-refractivity contribution in [1.29, 1.82) is 0 Å². The van der Waals surface area contributed by atoms with Gasteiger partial charge in [-0.3, -0.25) is 4.90 Å². The van der Waals surface area contributed by atoms with Gasteiger partial charge < -0.3 is 9.84 Å². The maximum atomic E-state index is 13.1. The van der Waals surface area contributed by atoms with Gasteiger partial charge in [0.15, 0.2) is 0 Å². The normalized spacial score (nSPS) is 14.9. The van der Waals surface area contributed by atoms with E-state index < -0.39 is 5.97 Å². The molecule has 5 rings (SSSR count). The second-order valence-corrected chi connectivity index (χ2v) is 8.06. The second-order valence-electron chi connectivity index (χ2n) is 8.06. The molecule has 1 heterocycles. The van der Waals surface area contributed by atoms with Gasteiger partial charge in [0.1, 0.15) is 6.61 Å². The molecule has 1 N–H and O–H groups in total. The smallest absolute Gasteiger partial charge is 0.414 e. The zero-order valence-corrected chi connectivity index (χ0v) is 17.1. The summed E-state index contributed by atoms with van der Waals surface area (Å²) in [6.45, 7) is 0.835. The van der Waals surface area contributed by atoms with E-state index in [1.54, 1.807) is 23.1 Å². The number of carbonyl (C=O) groups excluding carboxylic acids is 1. The number of nitrogens with zero attached hydrogens (tertiary/aromatic N) is 1. The Labute approximate surface area is 180 Å². The highest BCUT2D eigenvalue weighted by Crippen LogP contribution is 2.44. The molecule has 1 aliphatic heterocycles. The quantitative estimate of drug-likeness (QED) is 0.618. The van der Waals surface area contributed by atoms with Crippen molar-refractivity contribution in [3.05, 3.63) is 89.0 Å². The first-order valence-electron chi connectivity index (χ1n) is 10.6. The molecule has 0 saturated carbocycles. The lowest BCUT2D eigenvalue weighted by Crippen LogP contribution is -2.33. The van der Waals surface area contributed by atoms with Gasteiger partial charge >= 0.3 is 12.1 Å². The predicted octanol–water partition coefficient (Wildman–Crippen LogP) is 5.48. The predicted molar refractivity (Wildman–Crippen MR) is 119 cm³/mol. The van der Waals surface area contributed by atoms with Crippen LogP contribution in [0.4, 0.5) is 10.5 Å². The Bertz CT molecular complexity index is 1120. The third-order valence-corrected chi connectivity index (χ3v) is 6.25. The van der Waals surface area contributed by atoms with Gasteiger partial charge in [-0.1, -0.05) is 48.5 Å². The zero-order valence-electron chi connectivity index (χ0n) is 17.1. The molecule has 3 aromatic carbocycles. The van der Waals surface area contributed by atoms with Crippen LogP contribution in [0.15, 0.2) is 66.7 Å². The number of anilines is 1. The van der Waals surface area contributed by atoms with Crippen molar-refractivity contribution >= 4 is 17.7 Å². The number of aromatic carboxylic acids is 1. The lowest BCUT2D eigenvalue weighted by atomic mass is 9.98. The Morgan fingerprint density at radius 1 is 0.935 bits per heavy atom. The lowest BCUT2D eigenvalue weighted by Gasteiger charge is -2.24. The minimum absolute atomic E-state index is 0.0113. The highest BCUT2D eigenvalue weighted by molar-refractivity contribution is 5.92. The monoisotopic (exact) mass is 413 g/mol. The van der Waals surface area contributed by atoms with Crippen molar-refractivity contribution in [2.24, 2.45) is 0 Å². The van der Waals surface area contributed by atoms with Crippen molar-refractivity contribution in [3.8, 4) is 11.1 Å². The van der Waals surface area contributed by atoms with Gasteiger partial charge in [0.2, 0.25) is 0 Å². The van der Waals surface area contributed by atoms with Crippen molar-refractivity contribution < 1.29 is 19.4 Å². The van der Waals surface area contributed by atoms with E-state index in [9.17, 15) is 14.7 Å². The fourth-order valence-electron chi connectivity index (χ4n) is 4.75. The average Bonchev–Trinajstić information content (AvgIpc) is 2.95. The van der Waals surface area contributed by atoms with E-state index in [1.165, 1.54) is 22.3 Å². The zero-order chi connectivity index (χ0) is 21.4. The maximum absolute atomic E-state index is 13.1. The molecule has 2 aliphatic rings. The summed E-state index contributed by atoms with van der Waals surface area (Å²) in [7, 11) is 0. The number of hydrogen-bond acceptors (Lipinski definition) is 3. The molecule has 0 saturated heterocycles. The SMILES string of the molecule is O=C(O)c1ccc2c(c1)CCCCN2C(=O)OCC1c2ccccc2-c2ccccc21. The number of carbonyl (C=O) groups is 2. The molecule has 1 amide bonds. The number of hydrogen-bond donors (Lipinski definition) is 1. The number of carboxylic acids is 1. The average molecular weight is 413 g/mol. The Morgan fingerprint density at radius 2 is 1.61 bits per heavy atom. The summed E-state index contributed by atoms with van der Waals surface area (Å²) >= 11 is 0. The molecule has 1 aliphatic carbocycles. The molecule has 0 radical (unpaired) electrons. The summed E-state index contributed by atoms with van der Waals surface area (Å²) in [6.07, 6.45) is 2.13.